The van der Waals surface area contributed by atoms with Gasteiger partial charge in [-0.05, 0) is 23.3 Å². The molecule has 0 aromatic heterocycles. The van der Waals surface area contributed by atoms with E-state index in [0.29, 0.717) is 0 Å². The van der Waals surface area contributed by atoms with E-state index in [-0.39, 0.29) is 10.8 Å². The van der Waals surface area contributed by atoms with Gasteiger partial charge in [0, 0.05) is 13.3 Å². The van der Waals surface area contributed by atoms with E-state index in [2.05, 4.69) is 53.5 Å². The van der Waals surface area contributed by atoms with Crippen LogP contribution in [0.3, 0.4) is 0 Å². The summed E-state index contributed by atoms with van der Waals surface area (Å²) < 4.78 is 0. The topological polar surface area (TPSA) is 12.4 Å². The van der Waals surface area contributed by atoms with E-state index < -0.39 is 0 Å². The van der Waals surface area contributed by atoms with Gasteiger partial charge in [-0.1, -0.05) is 47.1 Å². The van der Waals surface area contributed by atoms with Crippen molar-refractivity contribution in [1.29, 1.82) is 0 Å². The van der Waals surface area contributed by atoms with Crippen molar-refractivity contribution < 1.29 is 0 Å². The highest BCUT2D eigenvalue weighted by Crippen LogP contribution is 2.34. The zero-order chi connectivity index (χ0) is 11.6. The van der Waals surface area contributed by atoms with Crippen molar-refractivity contribution in [2.45, 2.75) is 48.5 Å². The van der Waals surface area contributed by atoms with E-state index in [4.69, 9.17) is 0 Å². The van der Waals surface area contributed by atoms with Crippen molar-refractivity contribution >= 4 is 6.21 Å². The van der Waals surface area contributed by atoms with Gasteiger partial charge in [-0.25, -0.2) is 0 Å². The number of aliphatic imine (C=N–C) groups is 1. The Morgan fingerprint density at radius 2 is 1.36 bits per heavy atom. The normalized spacial score (nSPS) is 16.0. The van der Waals surface area contributed by atoms with E-state index in [1.54, 1.807) is 0 Å². The van der Waals surface area contributed by atoms with Crippen molar-refractivity contribution in [3.05, 3.63) is 11.1 Å². The minimum atomic E-state index is 0.177. The second-order valence-corrected chi connectivity index (χ2v) is 5.93. The molecule has 0 aliphatic heterocycles. The van der Waals surface area contributed by atoms with Crippen LogP contribution in [0.15, 0.2) is 16.1 Å². The molecule has 0 aliphatic rings. The van der Waals surface area contributed by atoms with Crippen LogP contribution >= 0.6 is 0 Å². The average molecular weight is 195 g/mol. The van der Waals surface area contributed by atoms with E-state index in [0.717, 1.165) is 0 Å². The molecule has 0 saturated heterocycles. The zero-order valence-corrected chi connectivity index (χ0v) is 11.0. The number of hydrogen-bond acceptors (Lipinski definition) is 1. The monoisotopic (exact) mass is 195 g/mol. The van der Waals surface area contributed by atoms with Crippen LogP contribution in [0.25, 0.3) is 0 Å². The second kappa shape index (κ2) is 4.29. The number of rotatable bonds is 1. The average Bonchev–Trinajstić information content (AvgIpc) is 1.94. The summed E-state index contributed by atoms with van der Waals surface area (Å²) in [6.45, 7) is 15.7. The third-order valence-corrected chi connectivity index (χ3v) is 2.60. The minimum absolute atomic E-state index is 0.177. The molecular formula is C13H25N. The summed E-state index contributed by atoms with van der Waals surface area (Å²) >= 11 is 0. The first-order valence-corrected chi connectivity index (χ1v) is 5.24. The maximum Gasteiger partial charge on any atom is 0.0277 e. The zero-order valence-electron chi connectivity index (χ0n) is 11.0. The van der Waals surface area contributed by atoms with Crippen LogP contribution in [0.4, 0.5) is 0 Å². The minimum Gasteiger partial charge on any atom is -0.296 e. The highest BCUT2D eigenvalue weighted by Gasteiger charge is 2.23. The molecule has 0 radical (unpaired) electrons. The van der Waals surface area contributed by atoms with Gasteiger partial charge in [0.2, 0.25) is 0 Å². The van der Waals surface area contributed by atoms with Crippen molar-refractivity contribution in [2.24, 2.45) is 15.8 Å². The molecular weight excluding hydrogens is 170 g/mol. The Morgan fingerprint density at radius 3 is 1.57 bits per heavy atom. The van der Waals surface area contributed by atoms with Crippen LogP contribution in [0.5, 0.6) is 0 Å². The molecule has 0 N–H and O–H groups in total. The molecule has 0 aromatic rings. The van der Waals surface area contributed by atoms with Gasteiger partial charge in [0.25, 0.3) is 0 Å². The SMILES string of the molecule is C/N=C\C(=C(/C)C(C)(C)C)C(C)(C)C. The maximum atomic E-state index is 4.15. The molecule has 82 valence electrons. The molecule has 0 unspecified atom stereocenters. The third kappa shape index (κ3) is 3.65. The molecule has 0 bridgehead atoms. The van der Waals surface area contributed by atoms with E-state index in [1.165, 1.54) is 11.1 Å². The molecule has 1 nitrogen and oxygen atoms in total. The predicted molar refractivity (Wildman–Crippen MR) is 66.0 cm³/mol. The fraction of sp³-hybridized carbons (Fsp3) is 0.769. The smallest absolute Gasteiger partial charge is 0.0277 e. The molecule has 0 amide bonds. The maximum absolute atomic E-state index is 4.15. The lowest BCUT2D eigenvalue weighted by molar-refractivity contribution is 0.460. The Labute approximate surface area is 89.3 Å². The molecule has 0 rings (SSSR count). The Kier molecular flexibility index (Phi) is 4.11. The van der Waals surface area contributed by atoms with Crippen molar-refractivity contribution in [1.82, 2.24) is 0 Å². The fourth-order valence-electron chi connectivity index (χ4n) is 1.39. The lowest BCUT2D eigenvalue weighted by atomic mass is 9.76. The first-order chi connectivity index (χ1) is 6.10. The molecule has 0 fully saturated rings. The molecule has 0 spiro atoms. The predicted octanol–water partition coefficient (Wildman–Crippen LogP) is 4.10. The van der Waals surface area contributed by atoms with Crippen LogP contribution in [-0.4, -0.2) is 13.3 Å². The van der Waals surface area contributed by atoms with Gasteiger partial charge < -0.3 is 0 Å². The van der Waals surface area contributed by atoms with Gasteiger partial charge in [0.15, 0.2) is 0 Å². The summed E-state index contributed by atoms with van der Waals surface area (Å²) in [5, 5.41) is 0. The van der Waals surface area contributed by atoms with Gasteiger partial charge in [-0.15, -0.1) is 0 Å². The van der Waals surface area contributed by atoms with Gasteiger partial charge in [0.05, 0.1) is 0 Å². The quantitative estimate of drug-likeness (QED) is 0.559. The van der Waals surface area contributed by atoms with Gasteiger partial charge in [-0.3, -0.25) is 4.99 Å². The van der Waals surface area contributed by atoms with E-state index in [1.807, 2.05) is 13.3 Å². The summed E-state index contributed by atoms with van der Waals surface area (Å²) in [5.41, 5.74) is 3.18. The largest absolute Gasteiger partial charge is 0.296 e. The number of allylic oxidation sites excluding steroid dienone is 2. The van der Waals surface area contributed by atoms with Gasteiger partial charge in [-0.2, -0.15) is 0 Å². The first kappa shape index (κ1) is 13.4. The third-order valence-electron chi connectivity index (χ3n) is 2.60. The van der Waals surface area contributed by atoms with Crippen molar-refractivity contribution in [3.8, 4) is 0 Å². The summed E-state index contributed by atoms with van der Waals surface area (Å²) in [6, 6.07) is 0. The summed E-state index contributed by atoms with van der Waals surface area (Å²) in [5.74, 6) is 0. The number of nitrogens with zero attached hydrogens (tertiary/aromatic N) is 1. The summed E-state index contributed by atoms with van der Waals surface area (Å²) in [7, 11) is 1.84. The van der Waals surface area contributed by atoms with E-state index in [9.17, 15) is 0 Å². The van der Waals surface area contributed by atoms with Crippen molar-refractivity contribution in [2.75, 3.05) is 7.05 Å². The molecule has 1 heteroatoms. The Hall–Kier alpha value is -0.590. The summed E-state index contributed by atoms with van der Waals surface area (Å²) in [6.07, 6.45) is 2.00. The molecule has 14 heavy (non-hydrogen) atoms. The fourth-order valence-corrected chi connectivity index (χ4v) is 1.39. The lowest BCUT2D eigenvalue weighted by Gasteiger charge is -2.29. The molecule has 0 aliphatic carbocycles. The molecule has 0 heterocycles. The second-order valence-electron chi connectivity index (χ2n) is 5.93. The molecule has 0 aromatic carbocycles. The molecule has 0 saturated carbocycles. The number of hydrogen-bond donors (Lipinski definition) is 0. The van der Waals surface area contributed by atoms with Crippen molar-refractivity contribution in [3.63, 3.8) is 0 Å². The first-order valence-electron chi connectivity index (χ1n) is 5.24. The van der Waals surface area contributed by atoms with Gasteiger partial charge >= 0.3 is 0 Å². The summed E-state index contributed by atoms with van der Waals surface area (Å²) in [4.78, 5) is 4.15. The van der Waals surface area contributed by atoms with Crippen LogP contribution < -0.4 is 0 Å². The highest BCUT2D eigenvalue weighted by molar-refractivity contribution is 5.81. The standard InChI is InChI=1S/C13H25N/c1-10(12(2,3)4)11(9-14-8)13(5,6)7/h9H,1-8H3/b11-10-,14-9-. The van der Waals surface area contributed by atoms with E-state index >= 15 is 0 Å². The highest BCUT2D eigenvalue weighted by atomic mass is 14.6. The van der Waals surface area contributed by atoms with Crippen LogP contribution in [0.1, 0.15) is 48.5 Å². The Morgan fingerprint density at radius 1 is 0.929 bits per heavy atom. The van der Waals surface area contributed by atoms with Crippen LogP contribution in [0.2, 0.25) is 0 Å². The van der Waals surface area contributed by atoms with Crippen LogP contribution in [0, 0.1) is 10.8 Å². The van der Waals surface area contributed by atoms with Crippen LogP contribution in [-0.2, 0) is 0 Å². The lowest BCUT2D eigenvalue weighted by Crippen LogP contribution is -2.19. The van der Waals surface area contributed by atoms with Gasteiger partial charge in [0.1, 0.15) is 0 Å². The Balaban J connectivity index is 5.40. The Bertz CT molecular complexity index is 243. The molecule has 0 atom stereocenters.